The number of anilines is 1. The quantitative estimate of drug-likeness (QED) is 0.359. The smallest absolute Gasteiger partial charge is 0.264 e. The minimum absolute atomic E-state index is 0.117. The molecule has 9 heteroatoms. The van der Waals surface area contributed by atoms with E-state index >= 15 is 0 Å². The van der Waals surface area contributed by atoms with Crippen LogP contribution in [0.4, 0.5) is 5.69 Å². The molecule has 1 heterocycles. The van der Waals surface area contributed by atoms with Crippen molar-refractivity contribution in [2.75, 3.05) is 10.8 Å². The van der Waals surface area contributed by atoms with Crippen molar-refractivity contribution in [1.29, 1.82) is 0 Å². The summed E-state index contributed by atoms with van der Waals surface area (Å²) in [6.45, 7) is 1.79. The molecule has 34 heavy (non-hydrogen) atoms. The Morgan fingerprint density at radius 1 is 1.00 bits per heavy atom. The molecule has 1 aromatic heterocycles. The first-order valence-electron chi connectivity index (χ1n) is 10.5. The van der Waals surface area contributed by atoms with Crippen molar-refractivity contribution in [2.45, 2.75) is 18.4 Å². The largest absolute Gasteiger partial charge is 0.350 e. The normalized spacial score (nSPS) is 11.2. The molecule has 1 amide bonds. The van der Waals surface area contributed by atoms with Gasteiger partial charge in [-0.15, -0.1) is 0 Å². The molecule has 0 fully saturated rings. The molecule has 3 aromatic carbocycles. The number of benzene rings is 3. The second-order valence-electron chi connectivity index (χ2n) is 7.55. The zero-order valence-electron chi connectivity index (χ0n) is 18.4. The molecule has 1 N–H and O–H groups in total. The molecular formula is C25H23BrN4O3S. The number of aromatic nitrogens is 2. The van der Waals surface area contributed by atoms with Crippen LogP contribution < -0.4 is 9.62 Å². The Morgan fingerprint density at radius 3 is 2.35 bits per heavy atom. The van der Waals surface area contributed by atoms with E-state index in [2.05, 4.69) is 26.2 Å². The second-order valence-corrected chi connectivity index (χ2v) is 10.3. The number of hydrogen-bond acceptors (Lipinski definition) is 4. The van der Waals surface area contributed by atoms with Crippen molar-refractivity contribution in [1.82, 2.24) is 14.9 Å². The number of halogens is 1. The molecule has 0 atom stereocenters. The van der Waals surface area contributed by atoms with Crippen molar-refractivity contribution in [3.63, 3.8) is 0 Å². The average Bonchev–Trinajstić information content (AvgIpc) is 3.28. The van der Waals surface area contributed by atoms with Gasteiger partial charge in [-0.3, -0.25) is 9.10 Å². The van der Waals surface area contributed by atoms with Gasteiger partial charge in [0.15, 0.2) is 0 Å². The molecular weight excluding hydrogens is 516 g/mol. The van der Waals surface area contributed by atoms with Gasteiger partial charge >= 0.3 is 0 Å². The van der Waals surface area contributed by atoms with E-state index in [1.54, 1.807) is 48.7 Å². The Labute approximate surface area is 207 Å². The summed E-state index contributed by atoms with van der Waals surface area (Å²) < 4.78 is 30.7. The third-order valence-corrected chi connectivity index (χ3v) is 7.60. The number of amides is 1. The standard InChI is InChI=1S/C25H23BrN4O3S/c1-19-27-15-16-29(19)24-10-6-5-7-20(24)17-28-25(31)18-30(22-13-11-21(26)12-14-22)34(32,33)23-8-3-2-4-9-23/h2-16H,17-18H2,1H3,(H,28,31). The fourth-order valence-corrected chi connectivity index (χ4v) is 5.26. The van der Waals surface area contributed by atoms with E-state index < -0.39 is 15.9 Å². The summed E-state index contributed by atoms with van der Waals surface area (Å²) in [6, 6.07) is 22.6. The molecule has 0 aliphatic carbocycles. The van der Waals surface area contributed by atoms with Gasteiger partial charge in [0.2, 0.25) is 5.91 Å². The SMILES string of the molecule is Cc1nccn1-c1ccccc1CNC(=O)CN(c1ccc(Br)cc1)S(=O)(=O)c1ccccc1. The molecule has 0 aliphatic heterocycles. The number of nitrogens with one attached hydrogen (secondary N) is 1. The lowest BCUT2D eigenvalue weighted by Crippen LogP contribution is -2.40. The molecule has 7 nitrogen and oxygen atoms in total. The van der Waals surface area contributed by atoms with Gasteiger partial charge in [-0.25, -0.2) is 13.4 Å². The minimum atomic E-state index is -3.95. The summed E-state index contributed by atoms with van der Waals surface area (Å²) >= 11 is 3.37. The maximum absolute atomic E-state index is 13.4. The lowest BCUT2D eigenvalue weighted by atomic mass is 10.1. The van der Waals surface area contributed by atoms with E-state index in [-0.39, 0.29) is 18.0 Å². The van der Waals surface area contributed by atoms with Crippen molar-refractivity contribution in [2.24, 2.45) is 0 Å². The lowest BCUT2D eigenvalue weighted by Gasteiger charge is -2.24. The highest BCUT2D eigenvalue weighted by atomic mass is 79.9. The second kappa shape index (κ2) is 10.2. The maximum Gasteiger partial charge on any atom is 0.264 e. The first kappa shape index (κ1) is 23.7. The predicted molar refractivity (Wildman–Crippen MR) is 135 cm³/mol. The third-order valence-electron chi connectivity index (χ3n) is 5.29. The predicted octanol–water partition coefficient (Wildman–Crippen LogP) is 4.45. The Hall–Kier alpha value is -3.43. The van der Waals surface area contributed by atoms with Gasteiger partial charge in [-0.05, 0) is 55.0 Å². The van der Waals surface area contributed by atoms with Gasteiger partial charge in [0.1, 0.15) is 12.4 Å². The van der Waals surface area contributed by atoms with Crippen LogP contribution in [0.3, 0.4) is 0 Å². The van der Waals surface area contributed by atoms with Crippen LogP contribution in [0.5, 0.6) is 0 Å². The van der Waals surface area contributed by atoms with E-state index in [0.29, 0.717) is 5.69 Å². The molecule has 0 saturated carbocycles. The zero-order chi connectivity index (χ0) is 24.1. The van der Waals surface area contributed by atoms with E-state index in [1.165, 1.54) is 12.1 Å². The number of sulfonamides is 1. The highest BCUT2D eigenvalue weighted by Gasteiger charge is 2.27. The number of para-hydroxylation sites is 1. The van der Waals surface area contributed by atoms with Gasteiger partial charge in [0, 0.05) is 23.4 Å². The van der Waals surface area contributed by atoms with Crippen molar-refractivity contribution in [3.8, 4) is 5.69 Å². The molecule has 4 aromatic rings. The number of rotatable bonds is 8. The van der Waals surface area contributed by atoms with E-state index in [9.17, 15) is 13.2 Å². The molecule has 174 valence electrons. The van der Waals surface area contributed by atoms with Gasteiger partial charge in [-0.2, -0.15) is 0 Å². The van der Waals surface area contributed by atoms with Gasteiger partial charge in [0.05, 0.1) is 16.3 Å². The van der Waals surface area contributed by atoms with Crippen molar-refractivity contribution < 1.29 is 13.2 Å². The first-order chi connectivity index (χ1) is 16.4. The summed E-state index contributed by atoms with van der Waals surface area (Å²) in [4.78, 5) is 17.3. The number of carbonyl (C=O) groups is 1. The molecule has 4 rings (SSSR count). The monoisotopic (exact) mass is 538 g/mol. The van der Waals surface area contributed by atoms with Gasteiger partial charge < -0.3 is 9.88 Å². The van der Waals surface area contributed by atoms with Crippen LogP contribution in [0, 0.1) is 6.92 Å². The molecule has 0 radical (unpaired) electrons. The third kappa shape index (κ3) is 5.21. The molecule has 0 aliphatic rings. The molecule has 0 saturated heterocycles. The Morgan fingerprint density at radius 2 is 1.68 bits per heavy atom. The summed E-state index contributed by atoms with van der Waals surface area (Å²) in [6.07, 6.45) is 3.58. The van der Waals surface area contributed by atoms with Crippen LogP contribution in [0.1, 0.15) is 11.4 Å². The number of hydrogen-bond donors (Lipinski definition) is 1. The van der Waals surface area contributed by atoms with Gasteiger partial charge in [-0.1, -0.05) is 52.3 Å². The zero-order valence-corrected chi connectivity index (χ0v) is 20.8. The minimum Gasteiger partial charge on any atom is -0.350 e. The lowest BCUT2D eigenvalue weighted by molar-refractivity contribution is -0.119. The Balaban J connectivity index is 1.57. The number of imidazole rings is 1. The van der Waals surface area contributed by atoms with E-state index in [4.69, 9.17) is 0 Å². The summed E-state index contributed by atoms with van der Waals surface area (Å²) in [5.41, 5.74) is 2.19. The first-order valence-corrected chi connectivity index (χ1v) is 12.8. The number of aryl methyl sites for hydroxylation is 1. The number of carbonyl (C=O) groups excluding carboxylic acids is 1. The summed E-state index contributed by atoms with van der Waals surface area (Å²) in [5.74, 6) is 0.411. The number of nitrogens with zero attached hydrogens (tertiary/aromatic N) is 3. The van der Waals surface area contributed by atoms with Crippen LogP contribution in [0.25, 0.3) is 5.69 Å². The van der Waals surface area contributed by atoms with E-state index in [1.807, 2.05) is 42.0 Å². The van der Waals surface area contributed by atoms with Gasteiger partial charge in [0.25, 0.3) is 10.0 Å². The fraction of sp³-hybridized carbons (Fsp3) is 0.120. The fourth-order valence-electron chi connectivity index (χ4n) is 3.55. The van der Waals surface area contributed by atoms with Crippen LogP contribution in [0.15, 0.2) is 101 Å². The van der Waals surface area contributed by atoms with Crippen molar-refractivity contribution >= 4 is 37.5 Å². The molecule has 0 bridgehead atoms. The highest BCUT2D eigenvalue weighted by Crippen LogP contribution is 2.25. The summed E-state index contributed by atoms with van der Waals surface area (Å²) in [7, 11) is -3.95. The van der Waals surface area contributed by atoms with Crippen LogP contribution >= 0.6 is 15.9 Å². The van der Waals surface area contributed by atoms with E-state index in [0.717, 1.165) is 25.9 Å². The van der Waals surface area contributed by atoms with Crippen LogP contribution in [-0.2, 0) is 21.4 Å². The maximum atomic E-state index is 13.4. The average molecular weight is 539 g/mol. The Bertz CT molecular complexity index is 1390. The Kier molecular flexibility index (Phi) is 7.14. The van der Waals surface area contributed by atoms with Crippen molar-refractivity contribution in [3.05, 3.63) is 107 Å². The molecule has 0 unspecified atom stereocenters. The summed E-state index contributed by atoms with van der Waals surface area (Å²) in [5, 5.41) is 2.87. The van der Waals surface area contributed by atoms with Crippen LogP contribution in [0.2, 0.25) is 0 Å². The van der Waals surface area contributed by atoms with Crippen LogP contribution in [-0.4, -0.2) is 30.4 Å². The highest BCUT2D eigenvalue weighted by molar-refractivity contribution is 9.10. The molecule has 0 spiro atoms. The topological polar surface area (TPSA) is 84.3 Å².